The number of hydrogen-bond acceptors (Lipinski definition) is 4. The minimum Gasteiger partial charge on any atom is -0.356 e. The van der Waals surface area contributed by atoms with Crippen LogP contribution in [0.15, 0.2) is 35.0 Å². The lowest BCUT2D eigenvalue weighted by Crippen LogP contribution is -2.44. The fourth-order valence-corrected chi connectivity index (χ4v) is 4.40. The van der Waals surface area contributed by atoms with Crippen molar-refractivity contribution >= 4 is 5.91 Å². The first kappa shape index (κ1) is 27.0. The van der Waals surface area contributed by atoms with Crippen LogP contribution in [0.3, 0.4) is 0 Å². The number of carbonyl (C=O) groups is 1. The van der Waals surface area contributed by atoms with Crippen LogP contribution in [0.25, 0.3) is 11.3 Å². The quantitative estimate of drug-likeness (QED) is 0.396. The maximum Gasteiger partial charge on any atom is 0.471 e. The number of carbonyl (C=O) groups excluding carboxylic acids is 1. The van der Waals surface area contributed by atoms with Gasteiger partial charge in [0, 0.05) is 36.8 Å². The molecular formula is C24H29F6N3O2. The molecule has 1 saturated heterocycles. The van der Waals surface area contributed by atoms with Crippen molar-refractivity contribution in [2.45, 2.75) is 63.8 Å². The molecule has 0 spiro atoms. The number of aromatic nitrogens is 1. The number of alkyl halides is 6. The molecule has 1 aliphatic rings. The highest BCUT2D eigenvalue weighted by molar-refractivity contribution is 5.81. The Morgan fingerprint density at radius 2 is 1.77 bits per heavy atom. The van der Waals surface area contributed by atoms with Crippen LogP contribution in [0.2, 0.25) is 0 Å². The van der Waals surface area contributed by atoms with E-state index in [1.54, 1.807) is 0 Å². The monoisotopic (exact) mass is 505 g/mol. The lowest BCUT2D eigenvalue weighted by atomic mass is 10.0. The van der Waals surface area contributed by atoms with Gasteiger partial charge in [-0.3, -0.25) is 4.79 Å². The minimum absolute atomic E-state index is 0.00301. The summed E-state index contributed by atoms with van der Waals surface area (Å²) < 4.78 is 83.0. The third-order valence-corrected chi connectivity index (χ3v) is 6.34. The van der Waals surface area contributed by atoms with Crippen molar-refractivity contribution in [1.29, 1.82) is 0 Å². The van der Waals surface area contributed by atoms with Gasteiger partial charge in [-0.25, -0.2) is 0 Å². The van der Waals surface area contributed by atoms with Crippen molar-refractivity contribution in [3.05, 3.63) is 41.6 Å². The van der Waals surface area contributed by atoms with Crippen LogP contribution in [0.5, 0.6) is 0 Å². The molecule has 1 fully saturated rings. The molecule has 0 saturated carbocycles. The standard InChI is InChI=1S/C24H29F6N3O2/c1-17-6-2-3-12-32(17)14-5-15-33(22(34)24(28,29)30)13-4-7-19-16-31-35-21(19)18-8-10-20(11-9-18)23(25,26)27/h8-11,16-17H,2-7,12-15H2,1H3. The third-order valence-electron chi connectivity index (χ3n) is 6.34. The fourth-order valence-electron chi connectivity index (χ4n) is 4.40. The largest absolute Gasteiger partial charge is 0.471 e. The van der Waals surface area contributed by atoms with E-state index < -0.39 is 23.8 Å². The first-order valence-electron chi connectivity index (χ1n) is 11.7. The Hall–Kier alpha value is -2.56. The first-order valence-corrected chi connectivity index (χ1v) is 11.7. The van der Waals surface area contributed by atoms with E-state index in [0.29, 0.717) is 30.1 Å². The number of amides is 1. The summed E-state index contributed by atoms with van der Waals surface area (Å²) in [6.07, 6.45) is -3.85. The second-order valence-corrected chi connectivity index (χ2v) is 8.88. The summed E-state index contributed by atoms with van der Waals surface area (Å²) >= 11 is 0. The van der Waals surface area contributed by atoms with Gasteiger partial charge in [0.25, 0.3) is 0 Å². The van der Waals surface area contributed by atoms with Gasteiger partial charge in [0.05, 0.1) is 11.8 Å². The molecule has 3 rings (SSSR count). The number of halogens is 6. The second kappa shape index (κ2) is 11.5. The molecule has 1 amide bonds. The molecule has 11 heteroatoms. The predicted octanol–water partition coefficient (Wildman–Crippen LogP) is 5.95. The summed E-state index contributed by atoms with van der Waals surface area (Å²) in [5, 5.41) is 3.69. The van der Waals surface area contributed by atoms with Crippen LogP contribution in [-0.4, -0.2) is 59.3 Å². The highest BCUT2D eigenvalue weighted by Gasteiger charge is 2.42. The highest BCUT2D eigenvalue weighted by Crippen LogP contribution is 2.32. The molecule has 5 nitrogen and oxygen atoms in total. The molecule has 1 atom stereocenters. The number of likely N-dealkylation sites (tertiary alicyclic amines) is 1. The SMILES string of the molecule is CC1CCCCN1CCCN(CCCc1cnoc1-c1ccc(C(F)(F)F)cc1)C(=O)C(F)(F)F. The number of rotatable bonds is 9. The van der Waals surface area contributed by atoms with Gasteiger partial charge in [-0.1, -0.05) is 23.7 Å². The maximum absolute atomic E-state index is 13.1. The minimum atomic E-state index is -4.96. The van der Waals surface area contributed by atoms with Gasteiger partial charge in [0.15, 0.2) is 5.76 Å². The summed E-state index contributed by atoms with van der Waals surface area (Å²) in [4.78, 5) is 15.0. The van der Waals surface area contributed by atoms with E-state index in [1.165, 1.54) is 18.3 Å². The number of piperidine rings is 1. The number of aryl methyl sites for hydroxylation is 1. The Balaban J connectivity index is 1.59. The van der Waals surface area contributed by atoms with Gasteiger partial charge in [0.2, 0.25) is 0 Å². The molecule has 1 aromatic carbocycles. The smallest absolute Gasteiger partial charge is 0.356 e. The molecule has 2 aromatic rings. The zero-order valence-electron chi connectivity index (χ0n) is 19.5. The van der Waals surface area contributed by atoms with Gasteiger partial charge in [-0.2, -0.15) is 26.3 Å². The van der Waals surface area contributed by atoms with Gasteiger partial charge in [-0.15, -0.1) is 0 Å². The lowest BCUT2D eigenvalue weighted by Gasteiger charge is -2.34. The number of benzene rings is 1. The third kappa shape index (κ3) is 7.46. The van der Waals surface area contributed by atoms with Crippen LogP contribution in [0.1, 0.15) is 50.2 Å². The van der Waals surface area contributed by atoms with E-state index in [4.69, 9.17) is 4.52 Å². The summed E-state index contributed by atoms with van der Waals surface area (Å²) in [5.74, 6) is -1.61. The van der Waals surface area contributed by atoms with Crippen molar-refractivity contribution in [2.75, 3.05) is 26.2 Å². The van der Waals surface area contributed by atoms with E-state index in [0.717, 1.165) is 42.8 Å². The van der Waals surface area contributed by atoms with Crippen LogP contribution in [0.4, 0.5) is 26.3 Å². The molecule has 0 bridgehead atoms. The number of hydrogen-bond donors (Lipinski definition) is 0. The molecular weight excluding hydrogens is 476 g/mol. The van der Waals surface area contributed by atoms with Crippen molar-refractivity contribution in [3.63, 3.8) is 0 Å². The second-order valence-electron chi connectivity index (χ2n) is 8.88. The Morgan fingerprint density at radius 3 is 2.40 bits per heavy atom. The van der Waals surface area contributed by atoms with E-state index in [2.05, 4.69) is 17.0 Å². The summed E-state index contributed by atoms with van der Waals surface area (Å²) in [6, 6.07) is 4.75. The Bertz CT molecular complexity index is 955. The predicted molar refractivity (Wildman–Crippen MR) is 117 cm³/mol. The van der Waals surface area contributed by atoms with E-state index in [1.807, 2.05) is 0 Å². The normalized spacial score (nSPS) is 17.5. The molecule has 2 heterocycles. The molecule has 1 aromatic heterocycles. The Kier molecular flexibility index (Phi) is 8.84. The van der Waals surface area contributed by atoms with Crippen molar-refractivity contribution in [2.24, 2.45) is 0 Å². The molecule has 0 radical (unpaired) electrons. The van der Waals surface area contributed by atoms with Crippen molar-refractivity contribution in [3.8, 4) is 11.3 Å². The van der Waals surface area contributed by atoms with E-state index in [9.17, 15) is 31.1 Å². The summed E-state index contributed by atoms with van der Waals surface area (Å²) in [6.45, 7) is 3.54. The molecule has 1 unspecified atom stereocenters. The molecule has 1 aliphatic heterocycles. The first-order chi connectivity index (χ1) is 16.5. The van der Waals surface area contributed by atoms with Crippen LogP contribution >= 0.6 is 0 Å². The molecule has 0 aliphatic carbocycles. The molecule has 0 N–H and O–H groups in total. The van der Waals surface area contributed by atoms with Crippen LogP contribution < -0.4 is 0 Å². The zero-order valence-corrected chi connectivity index (χ0v) is 19.5. The molecule has 194 valence electrons. The van der Waals surface area contributed by atoms with Gasteiger partial charge >= 0.3 is 18.3 Å². The van der Waals surface area contributed by atoms with Gasteiger partial charge in [-0.05, 0) is 57.7 Å². The van der Waals surface area contributed by atoms with Crippen LogP contribution in [0, 0.1) is 0 Å². The summed E-state index contributed by atoms with van der Waals surface area (Å²) in [5.41, 5.74) is 0.123. The van der Waals surface area contributed by atoms with Crippen molar-refractivity contribution < 1.29 is 35.7 Å². The maximum atomic E-state index is 13.1. The average Bonchev–Trinajstić information content (AvgIpc) is 3.26. The van der Waals surface area contributed by atoms with E-state index >= 15 is 0 Å². The Labute approximate surface area is 200 Å². The van der Waals surface area contributed by atoms with Crippen LogP contribution in [-0.2, 0) is 17.4 Å². The Morgan fingerprint density at radius 1 is 1.09 bits per heavy atom. The lowest BCUT2D eigenvalue weighted by molar-refractivity contribution is -0.185. The van der Waals surface area contributed by atoms with E-state index in [-0.39, 0.29) is 31.7 Å². The summed E-state index contributed by atoms with van der Waals surface area (Å²) in [7, 11) is 0. The topological polar surface area (TPSA) is 49.6 Å². The van der Waals surface area contributed by atoms with Crippen molar-refractivity contribution in [1.82, 2.24) is 15.0 Å². The average molecular weight is 506 g/mol. The fraction of sp³-hybridized carbons (Fsp3) is 0.583. The highest BCUT2D eigenvalue weighted by atomic mass is 19.4. The zero-order chi connectivity index (χ0) is 25.6. The number of nitrogens with zero attached hydrogens (tertiary/aromatic N) is 3. The molecule has 35 heavy (non-hydrogen) atoms. The van der Waals surface area contributed by atoms with Gasteiger partial charge < -0.3 is 14.3 Å². The van der Waals surface area contributed by atoms with Gasteiger partial charge in [0.1, 0.15) is 0 Å².